The topological polar surface area (TPSA) is 108 Å². The van der Waals surface area contributed by atoms with E-state index in [2.05, 4.69) is 15.2 Å². The van der Waals surface area contributed by atoms with Crippen LogP contribution in [-0.4, -0.2) is 47.8 Å². The predicted octanol–water partition coefficient (Wildman–Crippen LogP) is 3.19. The Hall–Kier alpha value is -2.63. The molecule has 1 fully saturated rings. The van der Waals surface area contributed by atoms with Gasteiger partial charge < -0.3 is 13.9 Å². The third kappa shape index (κ3) is 3.75. The fraction of sp³-hybridized carbons (Fsp3) is 0.316. The second-order valence-corrected chi connectivity index (χ2v) is 9.75. The number of benzene rings is 1. The Kier molecular flexibility index (Phi) is 5.09. The maximum Gasteiger partial charge on any atom is 0.283 e. The van der Waals surface area contributed by atoms with Gasteiger partial charge in [-0.05, 0) is 54.9 Å². The molecule has 0 radical (unpaired) electrons. The number of aromatic nitrogens is 3. The molecule has 0 amide bonds. The van der Waals surface area contributed by atoms with Crippen molar-refractivity contribution in [2.75, 3.05) is 19.9 Å². The number of hydrogen-bond donors (Lipinski definition) is 0. The van der Waals surface area contributed by atoms with Gasteiger partial charge in [0.1, 0.15) is 9.92 Å². The van der Waals surface area contributed by atoms with Crippen molar-refractivity contribution in [3.05, 3.63) is 36.5 Å². The highest BCUT2D eigenvalue weighted by molar-refractivity contribution is 7.99. The van der Waals surface area contributed by atoms with E-state index in [9.17, 15) is 8.42 Å². The van der Waals surface area contributed by atoms with Gasteiger partial charge in [0.05, 0.1) is 0 Å². The molecule has 1 aromatic carbocycles. The lowest BCUT2D eigenvalue weighted by atomic mass is 10.2. The van der Waals surface area contributed by atoms with Crippen LogP contribution in [0.25, 0.3) is 11.5 Å². The van der Waals surface area contributed by atoms with Crippen LogP contribution in [0.5, 0.6) is 11.5 Å². The molecular formula is C19H18N4O5S2. The molecular weight excluding hydrogens is 428 g/mol. The Bertz CT molecular complexity index is 1160. The van der Waals surface area contributed by atoms with Crippen molar-refractivity contribution in [3.63, 3.8) is 0 Å². The first kappa shape index (κ1) is 19.3. The van der Waals surface area contributed by atoms with Crippen LogP contribution in [0.3, 0.4) is 0 Å². The van der Waals surface area contributed by atoms with Crippen molar-refractivity contribution in [2.45, 2.75) is 34.4 Å². The summed E-state index contributed by atoms with van der Waals surface area (Å²) in [5.74, 6) is 1.66. The van der Waals surface area contributed by atoms with Crippen LogP contribution in [-0.2, 0) is 10.0 Å². The summed E-state index contributed by atoms with van der Waals surface area (Å²) < 4.78 is 43.3. The van der Waals surface area contributed by atoms with Crippen LogP contribution in [0, 0.1) is 0 Å². The Balaban J connectivity index is 1.30. The van der Waals surface area contributed by atoms with E-state index in [4.69, 9.17) is 13.9 Å². The number of ether oxygens (including phenoxy) is 2. The van der Waals surface area contributed by atoms with E-state index in [0.717, 1.165) is 24.8 Å². The number of sulfonamides is 1. The van der Waals surface area contributed by atoms with E-state index in [1.807, 2.05) is 6.07 Å². The molecule has 0 aliphatic carbocycles. The number of piperidine rings is 1. The summed E-state index contributed by atoms with van der Waals surface area (Å²) in [6, 6.07) is 8.59. The van der Waals surface area contributed by atoms with Gasteiger partial charge in [0.2, 0.25) is 22.7 Å². The highest BCUT2D eigenvalue weighted by atomic mass is 32.2. The lowest BCUT2D eigenvalue weighted by molar-refractivity contribution is 0.174. The zero-order chi connectivity index (χ0) is 20.6. The first-order valence-electron chi connectivity index (χ1n) is 9.47. The monoisotopic (exact) mass is 446 g/mol. The fourth-order valence-corrected chi connectivity index (χ4v) is 5.41. The Morgan fingerprint density at radius 3 is 2.60 bits per heavy atom. The molecule has 11 heteroatoms. The van der Waals surface area contributed by atoms with Gasteiger partial charge in [0, 0.05) is 24.8 Å². The standard InChI is InChI=1S/C19H18N4O5S2/c24-30(25,23-8-2-1-3-9-23)14-5-7-17(20-11-14)29-19-22-21-18(28-19)13-4-6-15-16(10-13)27-12-26-15/h4-7,10-11H,1-3,8-9,12H2. The van der Waals surface area contributed by atoms with E-state index >= 15 is 0 Å². The maximum atomic E-state index is 12.7. The lowest BCUT2D eigenvalue weighted by Crippen LogP contribution is -2.35. The minimum absolute atomic E-state index is 0.193. The van der Waals surface area contributed by atoms with Gasteiger partial charge in [-0.3, -0.25) is 0 Å². The van der Waals surface area contributed by atoms with Crippen LogP contribution in [0.1, 0.15) is 19.3 Å². The van der Waals surface area contributed by atoms with Crippen molar-refractivity contribution in [2.24, 2.45) is 0 Å². The van der Waals surface area contributed by atoms with Crippen LogP contribution < -0.4 is 9.47 Å². The van der Waals surface area contributed by atoms with E-state index in [1.165, 1.54) is 22.3 Å². The van der Waals surface area contributed by atoms with E-state index in [1.54, 1.807) is 24.3 Å². The number of rotatable bonds is 5. The van der Waals surface area contributed by atoms with Crippen molar-refractivity contribution in [1.29, 1.82) is 0 Å². The van der Waals surface area contributed by atoms with Gasteiger partial charge in [-0.25, -0.2) is 13.4 Å². The Labute approximate surface area is 177 Å². The molecule has 5 rings (SSSR count). The molecule has 0 bridgehead atoms. The molecule has 0 saturated carbocycles. The summed E-state index contributed by atoms with van der Waals surface area (Å²) >= 11 is 1.17. The Morgan fingerprint density at radius 2 is 1.80 bits per heavy atom. The normalized spacial score (nSPS) is 16.7. The molecule has 4 heterocycles. The summed E-state index contributed by atoms with van der Waals surface area (Å²) in [5, 5.41) is 8.97. The molecule has 156 valence electrons. The molecule has 30 heavy (non-hydrogen) atoms. The number of fused-ring (bicyclic) bond motifs is 1. The highest BCUT2D eigenvalue weighted by Crippen LogP contribution is 2.36. The van der Waals surface area contributed by atoms with Gasteiger partial charge in [0.25, 0.3) is 5.22 Å². The fourth-order valence-electron chi connectivity index (χ4n) is 3.32. The first-order valence-corrected chi connectivity index (χ1v) is 11.7. The summed E-state index contributed by atoms with van der Waals surface area (Å²) in [7, 11) is -3.50. The van der Waals surface area contributed by atoms with Crippen molar-refractivity contribution >= 4 is 21.8 Å². The molecule has 0 unspecified atom stereocenters. The second kappa shape index (κ2) is 7.89. The zero-order valence-corrected chi connectivity index (χ0v) is 17.5. The van der Waals surface area contributed by atoms with Gasteiger partial charge in [-0.1, -0.05) is 6.42 Å². The molecule has 1 saturated heterocycles. The number of hydrogen-bond acceptors (Lipinski definition) is 9. The van der Waals surface area contributed by atoms with Gasteiger partial charge in [-0.15, -0.1) is 10.2 Å². The largest absolute Gasteiger partial charge is 0.454 e. The van der Waals surface area contributed by atoms with Crippen molar-refractivity contribution in [3.8, 4) is 23.0 Å². The molecule has 2 aliphatic heterocycles. The smallest absolute Gasteiger partial charge is 0.283 e. The SMILES string of the molecule is O=S(=O)(c1ccc(Sc2nnc(-c3ccc4c(c3)OCO4)o2)nc1)N1CCCCC1. The van der Waals surface area contributed by atoms with Gasteiger partial charge in [0.15, 0.2) is 11.5 Å². The average Bonchev–Trinajstić information content (AvgIpc) is 3.43. The quantitative estimate of drug-likeness (QED) is 0.584. The average molecular weight is 447 g/mol. The van der Waals surface area contributed by atoms with Crippen molar-refractivity contribution < 1.29 is 22.3 Å². The summed E-state index contributed by atoms with van der Waals surface area (Å²) in [6.45, 7) is 1.31. The van der Waals surface area contributed by atoms with Gasteiger partial charge in [-0.2, -0.15) is 4.31 Å². The van der Waals surface area contributed by atoms with Crippen LogP contribution in [0.2, 0.25) is 0 Å². The third-order valence-electron chi connectivity index (χ3n) is 4.88. The molecule has 3 aromatic rings. The predicted molar refractivity (Wildman–Crippen MR) is 107 cm³/mol. The first-order chi connectivity index (χ1) is 14.6. The molecule has 0 spiro atoms. The number of nitrogens with zero attached hydrogens (tertiary/aromatic N) is 4. The van der Waals surface area contributed by atoms with E-state index < -0.39 is 10.0 Å². The third-order valence-corrected chi connectivity index (χ3v) is 7.55. The molecule has 0 atom stereocenters. The second-order valence-electron chi connectivity index (χ2n) is 6.84. The molecule has 0 N–H and O–H groups in total. The van der Waals surface area contributed by atoms with E-state index in [0.29, 0.717) is 40.7 Å². The summed E-state index contributed by atoms with van der Waals surface area (Å²) in [4.78, 5) is 4.45. The Morgan fingerprint density at radius 1 is 0.967 bits per heavy atom. The summed E-state index contributed by atoms with van der Waals surface area (Å²) in [5.41, 5.74) is 0.717. The molecule has 2 aliphatic rings. The maximum absolute atomic E-state index is 12.7. The van der Waals surface area contributed by atoms with Gasteiger partial charge >= 0.3 is 0 Å². The van der Waals surface area contributed by atoms with Crippen molar-refractivity contribution in [1.82, 2.24) is 19.5 Å². The summed E-state index contributed by atoms with van der Waals surface area (Å²) in [6.07, 6.45) is 4.23. The highest BCUT2D eigenvalue weighted by Gasteiger charge is 2.26. The van der Waals surface area contributed by atoms with Crippen LogP contribution >= 0.6 is 11.8 Å². The lowest BCUT2D eigenvalue weighted by Gasteiger charge is -2.25. The van der Waals surface area contributed by atoms with Crippen LogP contribution in [0.15, 0.2) is 56.1 Å². The minimum Gasteiger partial charge on any atom is -0.454 e. The molecule has 2 aromatic heterocycles. The zero-order valence-electron chi connectivity index (χ0n) is 15.9. The van der Waals surface area contributed by atoms with E-state index in [-0.39, 0.29) is 11.7 Å². The molecule has 9 nitrogen and oxygen atoms in total. The number of pyridine rings is 1. The van der Waals surface area contributed by atoms with Crippen LogP contribution in [0.4, 0.5) is 0 Å². The minimum atomic E-state index is -3.50.